The number of benzene rings is 1. The lowest BCUT2D eigenvalue weighted by molar-refractivity contribution is -0.145. The summed E-state index contributed by atoms with van der Waals surface area (Å²) in [6, 6.07) is 4.87. The first-order valence-corrected chi connectivity index (χ1v) is 8.35. The van der Waals surface area contributed by atoms with Gasteiger partial charge in [0.15, 0.2) is 0 Å². The molecule has 0 bridgehead atoms. The average molecular weight is 364 g/mol. The van der Waals surface area contributed by atoms with Crippen LogP contribution in [0.1, 0.15) is 23.2 Å². The van der Waals surface area contributed by atoms with E-state index in [4.69, 9.17) is 14.6 Å². The molecule has 1 unspecified atom stereocenters. The highest BCUT2D eigenvalue weighted by Crippen LogP contribution is 2.25. The highest BCUT2D eigenvalue weighted by atomic mass is 16.5. The van der Waals surface area contributed by atoms with Crippen molar-refractivity contribution in [3.63, 3.8) is 0 Å². The van der Waals surface area contributed by atoms with Crippen LogP contribution < -0.4 is 9.47 Å². The molecule has 0 spiro atoms. The van der Waals surface area contributed by atoms with Crippen molar-refractivity contribution in [3.05, 3.63) is 23.8 Å². The zero-order valence-corrected chi connectivity index (χ0v) is 15.2. The second-order valence-electron chi connectivity index (χ2n) is 6.24. The lowest BCUT2D eigenvalue weighted by Gasteiger charge is -2.32. The first-order chi connectivity index (χ1) is 12.4. The zero-order chi connectivity index (χ0) is 19.3. The van der Waals surface area contributed by atoms with Crippen molar-refractivity contribution in [2.75, 3.05) is 40.9 Å². The molecule has 26 heavy (non-hydrogen) atoms. The maximum Gasteiger partial charge on any atom is 0.308 e. The van der Waals surface area contributed by atoms with Crippen LogP contribution in [0.25, 0.3) is 0 Å². The minimum absolute atomic E-state index is 0.133. The largest absolute Gasteiger partial charge is 0.497 e. The van der Waals surface area contributed by atoms with Crippen LogP contribution in [0.5, 0.6) is 11.5 Å². The Kier molecular flexibility index (Phi) is 6.43. The second-order valence-corrected chi connectivity index (χ2v) is 6.24. The molecule has 1 atom stereocenters. The number of nitrogens with zero attached hydrogens (tertiary/aromatic N) is 2. The molecule has 8 nitrogen and oxygen atoms in total. The van der Waals surface area contributed by atoms with Gasteiger partial charge in [-0.05, 0) is 31.0 Å². The van der Waals surface area contributed by atoms with Gasteiger partial charge in [0.25, 0.3) is 5.91 Å². The third kappa shape index (κ3) is 4.44. The summed E-state index contributed by atoms with van der Waals surface area (Å²) < 4.78 is 10.4. The van der Waals surface area contributed by atoms with Crippen LogP contribution in [0.15, 0.2) is 18.2 Å². The number of ether oxygens (including phenoxy) is 2. The summed E-state index contributed by atoms with van der Waals surface area (Å²) in [4.78, 5) is 39.1. The number of hydrogen-bond donors (Lipinski definition) is 1. The van der Waals surface area contributed by atoms with Gasteiger partial charge in [0.1, 0.15) is 11.5 Å². The highest BCUT2D eigenvalue weighted by molar-refractivity contribution is 5.99. The van der Waals surface area contributed by atoms with Crippen LogP contribution >= 0.6 is 0 Å². The Labute approximate surface area is 152 Å². The highest BCUT2D eigenvalue weighted by Gasteiger charge is 2.29. The van der Waals surface area contributed by atoms with Crippen LogP contribution in [-0.2, 0) is 9.59 Å². The van der Waals surface area contributed by atoms with Gasteiger partial charge in [-0.3, -0.25) is 14.4 Å². The topological polar surface area (TPSA) is 96.4 Å². The van der Waals surface area contributed by atoms with Gasteiger partial charge in [0, 0.05) is 20.1 Å². The molecule has 0 aromatic heterocycles. The maximum atomic E-state index is 12.7. The van der Waals surface area contributed by atoms with Gasteiger partial charge >= 0.3 is 5.97 Å². The van der Waals surface area contributed by atoms with Crippen LogP contribution in [0.2, 0.25) is 0 Å². The van der Waals surface area contributed by atoms with Crippen molar-refractivity contribution < 1.29 is 29.0 Å². The predicted molar refractivity (Wildman–Crippen MR) is 93.4 cm³/mol. The molecule has 8 heteroatoms. The number of likely N-dealkylation sites (tertiary alicyclic amines) is 1. The molecule has 0 aliphatic carbocycles. The van der Waals surface area contributed by atoms with Gasteiger partial charge in [0.05, 0.1) is 32.2 Å². The van der Waals surface area contributed by atoms with Crippen molar-refractivity contribution in [3.8, 4) is 11.5 Å². The fourth-order valence-corrected chi connectivity index (χ4v) is 2.97. The van der Waals surface area contributed by atoms with E-state index in [1.807, 2.05) is 0 Å². The quantitative estimate of drug-likeness (QED) is 0.812. The molecule has 1 aliphatic heterocycles. The van der Waals surface area contributed by atoms with Crippen molar-refractivity contribution >= 4 is 17.8 Å². The Morgan fingerprint density at radius 2 is 2.00 bits per heavy atom. The standard InChI is InChI=1S/C18H24N2O6/c1-19(11-16(21)20-8-4-5-12(10-20)18(23)24)17(22)14-9-13(25-2)6-7-15(14)26-3/h6-7,9,12H,4-5,8,10-11H2,1-3H3,(H,23,24). The van der Waals surface area contributed by atoms with Crippen LogP contribution in [0.3, 0.4) is 0 Å². The van der Waals surface area contributed by atoms with Gasteiger partial charge in [0.2, 0.25) is 5.91 Å². The number of aliphatic carboxylic acids is 1. The Balaban J connectivity index is 2.07. The molecule has 1 aromatic carbocycles. The Bertz CT molecular complexity index is 690. The lowest BCUT2D eigenvalue weighted by atomic mass is 9.98. The van der Waals surface area contributed by atoms with Crippen LogP contribution in [0, 0.1) is 5.92 Å². The Morgan fingerprint density at radius 1 is 1.27 bits per heavy atom. The summed E-state index contributed by atoms with van der Waals surface area (Å²) in [7, 11) is 4.49. The minimum Gasteiger partial charge on any atom is -0.497 e. The normalized spacial score (nSPS) is 16.7. The summed E-state index contributed by atoms with van der Waals surface area (Å²) in [6.07, 6.45) is 1.21. The molecule has 1 aliphatic rings. The average Bonchev–Trinajstić information content (AvgIpc) is 2.66. The molecule has 1 N–H and O–H groups in total. The van der Waals surface area contributed by atoms with E-state index in [0.29, 0.717) is 36.4 Å². The summed E-state index contributed by atoms with van der Waals surface area (Å²) in [5.74, 6) is -1.19. The third-order valence-electron chi connectivity index (χ3n) is 4.48. The van der Waals surface area contributed by atoms with Crippen LogP contribution in [0.4, 0.5) is 0 Å². The molecule has 1 heterocycles. The van der Waals surface area contributed by atoms with E-state index in [9.17, 15) is 14.4 Å². The first-order valence-electron chi connectivity index (χ1n) is 8.35. The van der Waals surface area contributed by atoms with Gasteiger partial charge in [-0.25, -0.2) is 0 Å². The molecule has 1 saturated heterocycles. The number of likely N-dealkylation sites (N-methyl/N-ethyl adjacent to an activating group) is 1. The Morgan fingerprint density at radius 3 is 2.62 bits per heavy atom. The number of carbonyl (C=O) groups excluding carboxylic acids is 2. The molecule has 1 aromatic rings. The fourth-order valence-electron chi connectivity index (χ4n) is 2.97. The van der Waals surface area contributed by atoms with E-state index in [1.54, 1.807) is 18.2 Å². The number of piperidine rings is 1. The molecular formula is C18H24N2O6. The third-order valence-corrected chi connectivity index (χ3v) is 4.48. The predicted octanol–water partition coefficient (Wildman–Crippen LogP) is 1.10. The van der Waals surface area contributed by atoms with E-state index < -0.39 is 11.9 Å². The fraction of sp³-hybridized carbons (Fsp3) is 0.500. The summed E-state index contributed by atoms with van der Waals surface area (Å²) in [5.41, 5.74) is 0.296. The van der Waals surface area contributed by atoms with Crippen LogP contribution in [-0.4, -0.2) is 73.6 Å². The molecule has 142 valence electrons. The van der Waals surface area contributed by atoms with E-state index in [2.05, 4.69) is 0 Å². The SMILES string of the molecule is COc1ccc(OC)c(C(=O)N(C)CC(=O)N2CCCC(C(=O)O)C2)c1. The number of carboxylic acids is 1. The van der Waals surface area contributed by atoms with E-state index in [-0.39, 0.29) is 24.9 Å². The number of carbonyl (C=O) groups is 3. The summed E-state index contributed by atoms with van der Waals surface area (Å²) in [6.45, 7) is 0.553. The summed E-state index contributed by atoms with van der Waals surface area (Å²) in [5, 5.41) is 9.14. The molecule has 0 radical (unpaired) electrons. The molecule has 1 fully saturated rings. The van der Waals surface area contributed by atoms with Crippen molar-refractivity contribution in [1.82, 2.24) is 9.80 Å². The molecular weight excluding hydrogens is 340 g/mol. The number of hydrogen-bond acceptors (Lipinski definition) is 5. The number of rotatable bonds is 6. The number of amides is 2. The van der Waals surface area contributed by atoms with Gasteiger partial charge in [-0.1, -0.05) is 0 Å². The van der Waals surface area contributed by atoms with E-state index >= 15 is 0 Å². The lowest BCUT2D eigenvalue weighted by Crippen LogP contribution is -2.46. The van der Waals surface area contributed by atoms with Gasteiger partial charge in [-0.2, -0.15) is 0 Å². The number of methoxy groups -OCH3 is 2. The smallest absolute Gasteiger partial charge is 0.308 e. The van der Waals surface area contributed by atoms with E-state index in [1.165, 1.54) is 31.1 Å². The Hall–Kier alpha value is -2.77. The van der Waals surface area contributed by atoms with Gasteiger partial charge in [-0.15, -0.1) is 0 Å². The summed E-state index contributed by atoms with van der Waals surface area (Å²) >= 11 is 0. The monoisotopic (exact) mass is 364 g/mol. The van der Waals surface area contributed by atoms with Crippen molar-refractivity contribution in [2.24, 2.45) is 5.92 Å². The molecule has 2 amide bonds. The maximum absolute atomic E-state index is 12.7. The number of carboxylic acid groups (broad SMARTS) is 1. The van der Waals surface area contributed by atoms with E-state index in [0.717, 1.165) is 0 Å². The minimum atomic E-state index is -0.895. The molecule has 2 rings (SSSR count). The zero-order valence-electron chi connectivity index (χ0n) is 15.2. The van der Waals surface area contributed by atoms with Crippen molar-refractivity contribution in [2.45, 2.75) is 12.8 Å². The van der Waals surface area contributed by atoms with Gasteiger partial charge < -0.3 is 24.4 Å². The van der Waals surface area contributed by atoms with Crippen molar-refractivity contribution in [1.29, 1.82) is 0 Å². The second kappa shape index (κ2) is 8.55. The first kappa shape index (κ1) is 19.6. The molecule has 0 saturated carbocycles.